The van der Waals surface area contributed by atoms with Gasteiger partial charge in [-0.15, -0.1) is 0 Å². The molecule has 0 saturated heterocycles. The third kappa shape index (κ3) is 2.54. The predicted molar refractivity (Wildman–Crippen MR) is 50.7 cm³/mol. The van der Waals surface area contributed by atoms with Gasteiger partial charge in [0.05, 0.1) is 0 Å². The minimum Gasteiger partial charge on any atom is -0.329 e. The SMILES string of the molecule is NCCN(N)C(=O)c1ccccc1. The summed E-state index contributed by atoms with van der Waals surface area (Å²) in [4.78, 5) is 11.5. The zero-order valence-corrected chi connectivity index (χ0v) is 7.31. The van der Waals surface area contributed by atoms with Crippen LogP contribution in [0, 0.1) is 0 Å². The number of rotatable bonds is 3. The molecule has 0 spiro atoms. The number of nitrogens with zero attached hydrogens (tertiary/aromatic N) is 1. The summed E-state index contributed by atoms with van der Waals surface area (Å²) in [5.41, 5.74) is 5.85. The van der Waals surface area contributed by atoms with Crippen molar-refractivity contribution in [1.82, 2.24) is 5.01 Å². The molecule has 0 atom stereocenters. The molecule has 0 aliphatic heterocycles. The van der Waals surface area contributed by atoms with Gasteiger partial charge in [0.2, 0.25) is 0 Å². The van der Waals surface area contributed by atoms with Crippen molar-refractivity contribution in [2.24, 2.45) is 11.6 Å². The molecule has 0 bridgehead atoms. The quantitative estimate of drug-likeness (QED) is 0.388. The van der Waals surface area contributed by atoms with E-state index in [2.05, 4.69) is 0 Å². The maximum atomic E-state index is 11.5. The van der Waals surface area contributed by atoms with Crippen LogP contribution in [0.4, 0.5) is 0 Å². The number of hydrogen-bond acceptors (Lipinski definition) is 3. The summed E-state index contributed by atoms with van der Waals surface area (Å²) >= 11 is 0. The van der Waals surface area contributed by atoms with E-state index in [-0.39, 0.29) is 5.91 Å². The van der Waals surface area contributed by atoms with Crippen molar-refractivity contribution in [3.63, 3.8) is 0 Å². The molecule has 0 fully saturated rings. The fourth-order valence-electron chi connectivity index (χ4n) is 0.987. The van der Waals surface area contributed by atoms with Crippen molar-refractivity contribution < 1.29 is 4.79 Å². The molecule has 4 nitrogen and oxygen atoms in total. The lowest BCUT2D eigenvalue weighted by Gasteiger charge is -2.14. The van der Waals surface area contributed by atoms with E-state index in [0.717, 1.165) is 5.01 Å². The van der Waals surface area contributed by atoms with Gasteiger partial charge >= 0.3 is 0 Å². The van der Waals surface area contributed by atoms with Crippen LogP contribution < -0.4 is 11.6 Å². The van der Waals surface area contributed by atoms with Crippen molar-refractivity contribution in [3.05, 3.63) is 35.9 Å². The summed E-state index contributed by atoms with van der Waals surface area (Å²) in [5.74, 6) is 5.26. The molecule has 0 aliphatic rings. The van der Waals surface area contributed by atoms with Crippen molar-refractivity contribution >= 4 is 5.91 Å². The highest BCUT2D eigenvalue weighted by Gasteiger charge is 2.09. The van der Waals surface area contributed by atoms with E-state index in [9.17, 15) is 4.79 Å². The number of hydrogen-bond donors (Lipinski definition) is 2. The largest absolute Gasteiger partial charge is 0.329 e. The Hall–Kier alpha value is -1.39. The molecule has 1 aromatic rings. The predicted octanol–water partition coefficient (Wildman–Crippen LogP) is -0.0388. The molecule has 13 heavy (non-hydrogen) atoms. The molecule has 0 heterocycles. The van der Waals surface area contributed by atoms with E-state index in [0.29, 0.717) is 18.7 Å². The Labute approximate surface area is 77.1 Å². The second kappa shape index (κ2) is 4.59. The van der Waals surface area contributed by atoms with Crippen LogP contribution in [0.25, 0.3) is 0 Å². The lowest BCUT2D eigenvalue weighted by molar-refractivity contribution is 0.0760. The number of carbonyl (C=O) groups excluding carboxylic acids is 1. The Kier molecular flexibility index (Phi) is 3.42. The molecule has 1 rings (SSSR count). The first-order chi connectivity index (χ1) is 6.25. The molecule has 4 N–H and O–H groups in total. The van der Waals surface area contributed by atoms with Crippen LogP contribution in [0.15, 0.2) is 30.3 Å². The van der Waals surface area contributed by atoms with Gasteiger partial charge in [-0.25, -0.2) is 5.84 Å². The Morgan fingerprint density at radius 3 is 2.46 bits per heavy atom. The highest BCUT2D eigenvalue weighted by molar-refractivity contribution is 5.93. The molecule has 4 heteroatoms. The summed E-state index contributed by atoms with van der Waals surface area (Å²) in [5, 5.41) is 1.12. The number of amides is 1. The molecule has 0 radical (unpaired) electrons. The summed E-state index contributed by atoms with van der Waals surface area (Å²) in [6.45, 7) is 0.739. The van der Waals surface area contributed by atoms with Crippen LogP contribution in [0.3, 0.4) is 0 Å². The first-order valence-corrected chi connectivity index (χ1v) is 4.07. The zero-order chi connectivity index (χ0) is 9.68. The standard InChI is InChI=1S/C9H13N3O/c10-6-7-12(11)9(13)8-4-2-1-3-5-8/h1-5H,6-7,10-11H2. The van der Waals surface area contributed by atoms with E-state index >= 15 is 0 Å². The van der Waals surface area contributed by atoms with Gasteiger partial charge < -0.3 is 5.73 Å². The molecule has 1 aromatic carbocycles. The van der Waals surface area contributed by atoms with Gasteiger partial charge in [-0.3, -0.25) is 9.80 Å². The lowest BCUT2D eigenvalue weighted by atomic mass is 10.2. The Balaban J connectivity index is 2.68. The molecule has 0 aliphatic carbocycles. The summed E-state index contributed by atoms with van der Waals surface area (Å²) < 4.78 is 0. The van der Waals surface area contributed by atoms with Gasteiger partial charge in [-0.05, 0) is 12.1 Å². The second-order valence-corrected chi connectivity index (χ2v) is 2.65. The van der Waals surface area contributed by atoms with E-state index in [1.165, 1.54) is 0 Å². The molecule has 70 valence electrons. The minimum atomic E-state index is -0.203. The van der Waals surface area contributed by atoms with E-state index in [1.807, 2.05) is 6.07 Å². The summed E-state index contributed by atoms with van der Waals surface area (Å²) in [6, 6.07) is 8.88. The maximum Gasteiger partial charge on any atom is 0.267 e. The highest BCUT2D eigenvalue weighted by Crippen LogP contribution is 2.00. The molecule has 0 aromatic heterocycles. The fourth-order valence-corrected chi connectivity index (χ4v) is 0.987. The van der Waals surface area contributed by atoms with Gasteiger partial charge in [-0.2, -0.15) is 0 Å². The van der Waals surface area contributed by atoms with Crippen LogP contribution in [-0.2, 0) is 0 Å². The van der Waals surface area contributed by atoms with Crippen LogP contribution >= 0.6 is 0 Å². The van der Waals surface area contributed by atoms with E-state index in [1.54, 1.807) is 24.3 Å². The first-order valence-electron chi connectivity index (χ1n) is 4.07. The third-order valence-corrected chi connectivity index (χ3v) is 1.65. The van der Waals surface area contributed by atoms with Crippen LogP contribution in [0.2, 0.25) is 0 Å². The number of carbonyl (C=O) groups is 1. The Morgan fingerprint density at radius 1 is 1.31 bits per heavy atom. The number of benzene rings is 1. The van der Waals surface area contributed by atoms with Gasteiger partial charge in [0, 0.05) is 18.7 Å². The first kappa shape index (κ1) is 9.70. The lowest BCUT2D eigenvalue weighted by Crippen LogP contribution is -2.40. The average Bonchev–Trinajstić information content (AvgIpc) is 2.18. The molecule has 0 unspecified atom stereocenters. The maximum absolute atomic E-state index is 11.5. The summed E-state index contributed by atoms with van der Waals surface area (Å²) in [7, 11) is 0. The average molecular weight is 179 g/mol. The van der Waals surface area contributed by atoms with Crippen molar-refractivity contribution in [2.45, 2.75) is 0 Å². The van der Waals surface area contributed by atoms with Crippen molar-refractivity contribution in [3.8, 4) is 0 Å². The topological polar surface area (TPSA) is 72.3 Å². The Morgan fingerprint density at radius 2 is 1.92 bits per heavy atom. The van der Waals surface area contributed by atoms with Gasteiger partial charge in [-0.1, -0.05) is 18.2 Å². The smallest absolute Gasteiger partial charge is 0.267 e. The van der Waals surface area contributed by atoms with Gasteiger partial charge in [0.25, 0.3) is 5.91 Å². The monoisotopic (exact) mass is 179 g/mol. The van der Waals surface area contributed by atoms with Crippen LogP contribution in [-0.4, -0.2) is 24.0 Å². The third-order valence-electron chi connectivity index (χ3n) is 1.65. The second-order valence-electron chi connectivity index (χ2n) is 2.65. The van der Waals surface area contributed by atoms with Gasteiger partial charge in [0.1, 0.15) is 0 Å². The minimum absolute atomic E-state index is 0.203. The molecule has 0 saturated carbocycles. The van der Waals surface area contributed by atoms with Crippen molar-refractivity contribution in [1.29, 1.82) is 0 Å². The summed E-state index contributed by atoms with van der Waals surface area (Å²) in [6.07, 6.45) is 0. The number of nitrogens with two attached hydrogens (primary N) is 2. The normalized spacial score (nSPS) is 9.69. The van der Waals surface area contributed by atoms with Crippen LogP contribution in [0.5, 0.6) is 0 Å². The molecular formula is C9H13N3O. The zero-order valence-electron chi connectivity index (χ0n) is 7.31. The fraction of sp³-hybridized carbons (Fsp3) is 0.222. The van der Waals surface area contributed by atoms with E-state index in [4.69, 9.17) is 11.6 Å². The van der Waals surface area contributed by atoms with E-state index < -0.39 is 0 Å². The molecular weight excluding hydrogens is 166 g/mol. The number of hydrazine groups is 1. The van der Waals surface area contributed by atoms with Crippen molar-refractivity contribution in [2.75, 3.05) is 13.1 Å². The van der Waals surface area contributed by atoms with Crippen LogP contribution in [0.1, 0.15) is 10.4 Å². The Bertz CT molecular complexity index is 273. The molecule has 1 amide bonds. The highest BCUT2D eigenvalue weighted by atomic mass is 16.2. The van der Waals surface area contributed by atoms with Gasteiger partial charge in [0.15, 0.2) is 0 Å².